The number of hydrogen-bond acceptors (Lipinski definition) is 3. The molecular weight excluding hydrogens is 251 g/mol. The molecule has 0 amide bonds. The van der Waals surface area contributed by atoms with E-state index < -0.39 is 24.6 Å². The van der Waals surface area contributed by atoms with Crippen LogP contribution in [0.25, 0.3) is 0 Å². The number of nitrogens with zero attached hydrogens (tertiary/aromatic N) is 1. The Balaban J connectivity index is 2.77. The van der Waals surface area contributed by atoms with E-state index in [1.807, 2.05) is 0 Å². The van der Waals surface area contributed by atoms with Gasteiger partial charge < -0.3 is 9.84 Å². The van der Waals surface area contributed by atoms with Crippen LogP contribution < -0.4 is 0 Å². The standard InChI is InChI=1S/C11H18F3NO3/c1-7-5-8(18-2)3-4-15(7)9(6-10(16)17)11(12,13)14/h7-9H,3-6H2,1-2H3,(H,16,17). The number of carboxylic acids is 1. The molecule has 0 aromatic heterocycles. The molecule has 106 valence electrons. The van der Waals surface area contributed by atoms with Crippen molar-refractivity contribution < 1.29 is 27.8 Å². The van der Waals surface area contributed by atoms with Crippen molar-refractivity contribution in [2.75, 3.05) is 13.7 Å². The van der Waals surface area contributed by atoms with Gasteiger partial charge in [0.05, 0.1) is 12.5 Å². The van der Waals surface area contributed by atoms with Gasteiger partial charge in [-0.25, -0.2) is 0 Å². The molecule has 4 nitrogen and oxygen atoms in total. The Bertz CT molecular complexity index is 296. The number of methoxy groups -OCH3 is 1. The first kappa shape index (κ1) is 15.2. The third kappa shape index (κ3) is 3.84. The van der Waals surface area contributed by atoms with E-state index in [0.29, 0.717) is 12.8 Å². The van der Waals surface area contributed by atoms with Crippen LogP contribution in [0.1, 0.15) is 26.2 Å². The van der Waals surface area contributed by atoms with Crippen molar-refractivity contribution in [1.29, 1.82) is 0 Å². The Hall–Kier alpha value is -0.820. The summed E-state index contributed by atoms with van der Waals surface area (Å²) in [6, 6.07) is -2.25. The fraction of sp³-hybridized carbons (Fsp3) is 0.909. The number of halogens is 3. The predicted octanol–water partition coefficient (Wildman–Crippen LogP) is 1.89. The SMILES string of the molecule is COC1CCN(C(CC(=O)O)C(F)(F)F)C(C)C1. The van der Waals surface area contributed by atoms with Gasteiger partial charge >= 0.3 is 12.1 Å². The summed E-state index contributed by atoms with van der Waals surface area (Å²) >= 11 is 0. The minimum Gasteiger partial charge on any atom is -0.481 e. The number of carboxylic acid groups (broad SMARTS) is 1. The molecule has 3 atom stereocenters. The molecule has 18 heavy (non-hydrogen) atoms. The molecule has 0 bridgehead atoms. The van der Waals surface area contributed by atoms with E-state index in [2.05, 4.69) is 0 Å². The van der Waals surface area contributed by atoms with Crippen molar-refractivity contribution in [3.05, 3.63) is 0 Å². The molecule has 0 spiro atoms. The highest BCUT2D eigenvalue weighted by molar-refractivity contribution is 5.67. The van der Waals surface area contributed by atoms with Crippen LogP contribution in [0.3, 0.4) is 0 Å². The van der Waals surface area contributed by atoms with Gasteiger partial charge in [0.15, 0.2) is 0 Å². The lowest BCUT2D eigenvalue weighted by Gasteiger charge is -2.42. The van der Waals surface area contributed by atoms with Crippen LogP contribution in [-0.2, 0) is 9.53 Å². The second kappa shape index (κ2) is 5.88. The van der Waals surface area contributed by atoms with Gasteiger partial charge in [-0.3, -0.25) is 9.69 Å². The number of carbonyl (C=O) groups is 1. The lowest BCUT2D eigenvalue weighted by atomic mass is 9.97. The minimum atomic E-state index is -4.52. The molecule has 0 radical (unpaired) electrons. The van der Waals surface area contributed by atoms with Crippen LogP contribution >= 0.6 is 0 Å². The zero-order valence-corrected chi connectivity index (χ0v) is 10.4. The van der Waals surface area contributed by atoms with Crippen LogP contribution in [0.15, 0.2) is 0 Å². The molecule has 3 unspecified atom stereocenters. The molecule has 1 heterocycles. The second-order valence-electron chi connectivity index (χ2n) is 4.62. The average molecular weight is 269 g/mol. The fourth-order valence-corrected chi connectivity index (χ4v) is 2.41. The highest BCUT2D eigenvalue weighted by Gasteiger charge is 2.47. The molecule has 0 aromatic carbocycles. The normalized spacial score (nSPS) is 28.1. The van der Waals surface area contributed by atoms with Crippen LogP contribution in [0.5, 0.6) is 0 Å². The van der Waals surface area contributed by atoms with Crippen molar-refractivity contribution in [2.24, 2.45) is 0 Å². The number of likely N-dealkylation sites (tertiary alicyclic amines) is 1. The summed E-state index contributed by atoms with van der Waals surface area (Å²) in [6.07, 6.45) is -4.50. The summed E-state index contributed by atoms with van der Waals surface area (Å²) in [5.41, 5.74) is 0. The Morgan fingerprint density at radius 1 is 1.56 bits per heavy atom. The maximum Gasteiger partial charge on any atom is 0.404 e. The van der Waals surface area contributed by atoms with Gasteiger partial charge in [-0.05, 0) is 19.8 Å². The Labute approximate surface area is 104 Å². The summed E-state index contributed by atoms with van der Waals surface area (Å²) in [4.78, 5) is 11.8. The Morgan fingerprint density at radius 3 is 2.56 bits per heavy atom. The van der Waals surface area contributed by atoms with Gasteiger partial charge in [-0.15, -0.1) is 0 Å². The van der Waals surface area contributed by atoms with Gasteiger partial charge in [-0.2, -0.15) is 13.2 Å². The van der Waals surface area contributed by atoms with Crippen molar-refractivity contribution >= 4 is 5.97 Å². The monoisotopic (exact) mass is 269 g/mol. The van der Waals surface area contributed by atoms with Crippen LogP contribution in [-0.4, -0.2) is 54.0 Å². The van der Waals surface area contributed by atoms with Crippen molar-refractivity contribution in [1.82, 2.24) is 4.90 Å². The molecule has 1 N–H and O–H groups in total. The second-order valence-corrected chi connectivity index (χ2v) is 4.62. The Morgan fingerprint density at radius 2 is 2.17 bits per heavy atom. The minimum absolute atomic E-state index is 0.0463. The molecule has 1 aliphatic heterocycles. The smallest absolute Gasteiger partial charge is 0.404 e. The average Bonchev–Trinajstić information content (AvgIpc) is 2.24. The van der Waals surface area contributed by atoms with Gasteiger partial charge in [0.25, 0.3) is 0 Å². The van der Waals surface area contributed by atoms with E-state index in [-0.39, 0.29) is 18.7 Å². The summed E-state index contributed by atoms with van der Waals surface area (Å²) in [7, 11) is 1.53. The number of piperidine rings is 1. The van der Waals surface area contributed by atoms with Gasteiger partial charge in [0, 0.05) is 19.7 Å². The number of hydrogen-bond donors (Lipinski definition) is 1. The molecule has 7 heteroatoms. The number of alkyl halides is 3. The summed E-state index contributed by atoms with van der Waals surface area (Å²) in [5, 5.41) is 8.61. The number of aliphatic carboxylic acids is 1. The van der Waals surface area contributed by atoms with Crippen molar-refractivity contribution in [3.63, 3.8) is 0 Å². The summed E-state index contributed by atoms with van der Waals surface area (Å²) < 4.78 is 43.8. The predicted molar refractivity (Wildman–Crippen MR) is 58.3 cm³/mol. The first-order valence-corrected chi connectivity index (χ1v) is 5.82. The van der Waals surface area contributed by atoms with Crippen molar-refractivity contribution in [3.8, 4) is 0 Å². The van der Waals surface area contributed by atoms with Crippen molar-refractivity contribution in [2.45, 2.75) is 50.6 Å². The van der Waals surface area contributed by atoms with E-state index in [0.717, 1.165) is 0 Å². The van der Waals surface area contributed by atoms with Crippen LogP contribution in [0.4, 0.5) is 13.2 Å². The third-order valence-corrected chi connectivity index (χ3v) is 3.36. The molecule has 1 aliphatic rings. The number of ether oxygens (including phenoxy) is 1. The largest absolute Gasteiger partial charge is 0.481 e. The zero-order chi connectivity index (χ0) is 13.9. The first-order valence-electron chi connectivity index (χ1n) is 5.82. The maximum absolute atomic E-state index is 12.9. The Kier molecular flexibility index (Phi) is 4.98. The van der Waals surface area contributed by atoms with E-state index in [1.165, 1.54) is 12.0 Å². The molecule has 1 rings (SSSR count). The molecular formula is C11H18F3NO3. The summed E-state index contributed by atoms with van der Waals surface area (Å²) in [6.45, 7) is 1.88. The van der Waals surface area contributed by atoms with Crippen LogP contribution in [0, 0.1) is 0 Å². The fourth-order valence-electron chi connectivity index (χ4n) is 2.41. The highest BCUT2D eigenvalue weighted by Crippen LogP contribution is 2.32. The first-order chi connectivity index (χ1) is 8.25. The van der Waals surface area contributed by atoms with Gasteiger partial charge in [0.1, 0.15) is 6.04 Å². The molecule has 0 aromatic rings. The van der Waals surface area contributed by atoms with E-state index in [1.54, 1.807) is 6.92 Å². The summed E-state index contributed by atoms with van der Waals surface area (Å²) in [5.74, 6) is -1.43. The molecule has 1 saturated heterocycles. The van der Waals surface area contributed by atoms with Gasteiger partial charge in [0.2, 0.25) is 0 Å². The zero-order valence-electron chi connectivity index (χ0n) is 10.4. The van der Waals surface area contributed by atoms with Gasteiger partial charge in [-0.1, -0.05) is 0 Å². The molecule has 0 saturated carbocycles. The van der Waals surface area contributed by atoms with E-state index >= 15 is 0 Å². The maximum atomic E-state index is 12.9. The van der Waals surface area contributed by atoms with E-state index in [9.17, 15) is 18.0 Å². The number of rotatable bonds is 4. The quantitative estimate of drug-likeness (QED) is 0.846. The topological polar surface area (TPSA) is 49.8 Å². The molecule has 1 fully saturated rings. The third-order valence-electron chi connectivity index (χ3n) is 3.36. The lowest BCUT2D eigenvalue weighted by molar-refractivity contribution is -0.201. The lowest BCUT2D eigenvalue weighted by Crippen LogP contribution is -2.54. The van der Waals surface area contributed by atoms with E-state index in [4.69, 9.17) is 9.84 Å². The molecule has 0 aliphatic carbocycles. The highest BCUT2D eigenvalue weighted by atomic mass is 19.4. The van der Waals surface area contributed by atoms with Crippen LogP contribution in [0.2, 0.25) is 0 Å².